The third-order valence-electron chi connectivity index (χ3n) is 3.31. The molecule has 24 heavy (non-hydrogen) atoms. The van der Waals surface area contributed by atoms with E-state index in [2.05, 4.69) is 4.74 Å². The van der Waals surface area contributed by atoms with E-state index in [1.54, 1.807) is 20.8 Å². The summed E-state index contributed by atoms with van der Waals surface area (Å²) >= 11 is 0. The first kappa shape index (κ1) is 19.6. The molecule has 0 saturated heterocycles. The highest BCUT2D eigenvalue weighted by atomic mass is 16.7. The lowest BCUT2D eigenvalue weighted by molar-refractivity contribution is -0.155. The zero-order valence-electron chi connectivity index (χ0n) is 13.9. The van der Waals surface area contributed by atoms with Gasteiger partial charge in [-0.1, -0.05) is 6.07 Å². The van der Waals surface area contributed by atoms with E-state index in [1.165, 1.54) is 18.2 Å². The van der Waals surface area contributed by atoms with E-state index in [4.69, 9.17) is 15.2 Å². The third kappa shape index (κ3) is 5.96. The van der Waals surface area contributed by atoms with Crippen molar-refractivity contribution >= 4 is 12.1 Å². The Morgan fingerprint density at radius 1 is 1.12 bits per heavy atom. The highest BCUT2D eigenvalue weighted by Crippen LogP contribution is 2.25. The van der Waals surface area contributed by atoms with Gasteiger partial charge in [-0.05, 0) is 44.9 Å². The summed E-state index contributed by atoms with van der Waals surface area (Å²) in [6.07, 6.45) is -2.12. The van der Waals surface area contributed by atoms with E-state index in [0.29, 0.717) is 5.56 Å². The molecule has 0 saturated carbocycles. The molecule has 8 nitrogen and oxygen atoms in total. The molecule has 3 atom stereocenters. The number of phenols is 2. The average Bonchev–Trinajstić information content (AvgIpc) is 2.50. The highest BCUT2D eigenvalue weighted by molar-refractivity contribution is 5.76. The van der Waals surface area contributed by atoms with Crippen molar-refractivity contribution in [3.8, 4) is 11.5 Å². The van der Waals surface area contributed by atoms with Crippen LogP contribution in [-0.2, 0) is 25.4 Å². The second-order valence-corrected chi connectivity index (χ2v) is 5.28. The molecule has 1 rings (SSSR count). The number of ether oxygens (including phenoxy) is 3. The Kier molecular flexibility index (Phi) is 7.31. The number of aromatic hydroxyl groups is 2. The van der Waals surface area contributed by atoms with Gasteiger partial charge in [-0.25, -0.2) is 4.79 Å². The van der Waals surface area contributed by atoms with E-state index in [1.807, 2.05) is 0 Å². The third-order valence-corrected chi connectivity index (χ3v) is 3.31. The molecule has 0 aliphatic heterocycles. The maximum Gasteiger partial charge on any atom is 0.508 e. The van der Waals surface area contributed by atoms with E-state index in [-0.39, 0.29) is 24.5 Å². The molecule has 0 radical (unpaired) electrons. The van der Waals surface area contributed by atoms with Gasteiger partial charge in [-0.2, -0.15) is 0 Å². The predicted molar refractivity (Wildman–Crippen MR) is 84.6 cm³/mol. The van der Waals surface area contributed by atoms with Gasteiger partial charge >= 0.3 is 12.1 Å². The number of phenolic OH excluding ortho intramolecular Hbond substituents is 2. The lowest BCUT2D eigenvalue weighted by atomic mass is 10.1. The molecule has 8 heteroatoms. The van der Waals surface area contributed by atoms with Crippen LogP contribution in [0.15, 0.2) is 18.2 Å². The zero-order valence-corrected chi connectivity index (χ0v) is 13.9. The van der Waals surface area contributed by atoms with Crippen molar-refractivity contribution in [2.75, 3.05) is 6.61 Å². The number of carbonyl (C=O) groups excluding carboxylic acids is 2. The van der Waals surface area contributed by atoms with Gasteiger partial charge in [0.1, 0.15) is 18.2 Å². The van der Waals surface area contributed by atoms with E-state index in [9.17, 15) is 19.8 Å². The van der Waals surface area contributed by atoms with E-state index in [0.717, 1.165) is 0 Å². The van der Waals surface area contributed by atoms with Crippen LogP contribution in [0.25, 0.3) is 0 Å². The van der Waals surface area contributed by atoms with Crippen molar-refractivity contribution in [1.82, 2.24) is 0 Å². The molecule has 4 N–H and O–H groups in total. The fourth-order valence-electron chi connectivity index (χ4n) is 1.80. The number of hydrogen-bond acceptors (Lipinski definition) is 8. The van der Waals surface area contributed by atoms with Crippen LogP contribution in [-0.4, -0.2) is 47.2 Å². The van der Waals surface area contributed by atoms with Gasteiger partial charge in [-0.15, -0.1) is 0 Å². The van der Waals surface area contributed by atoms with Crippen LogP contribution in [0.4, 0.5) is 4.79 Å². The van der Waals surface area contributed by atoms with Crippen molar-refractivity contribution in [2.24, 2.45) is 5.73 Å². The summed E-state index contributed by atoms with van der Waals surface area (Å²) in [6, 6.07) is 3.20. The van der Waals surface area contributed by atoms with Gasteiger partial charge in [0.15, 0.2) is 11.5 Å². The van der Waals surface area contributed by atoms with Gasteiger partial charge in [0.2, 0.25) is 0 Å². The summed E-state index contributed by atoms with van der Waals surface area (Å²) in [5.74, 6) is -1.22. The Bertz CT molecular complexity index is 576. The summed E-state index contributed by atoms with van der Waals surface area (Å²) in [4.78, 5) is 23.2. The van der Waals surface area contributed by atoms with Crippen LogP contribution in [0.2, 0.25) is 0 Å². The number of nitrogens with two attached hydrogens (primary N) is 1. The molecule has 0 heterocycles. The van der Waals surface area contributed by atoms with Crippen LogP contribution in [0.3, 0.4) is 0 Å². The lowest BCUT2D eigenvalue weighted by Crippen LogP contribution is -2.39. The normalized spacial score (nSPS) is 14.3. The summed E-state index contributed by atoms with van der Waals surface area (Å²) in [5, 5.41) is 18.7. The van der Waals surface area contributed by atoms with Crippen molar-refractivity contribution < 1.29 is 34.0 Å². The van der Waals surface area contributed by atoms with Gasteiger partial charge in [0.25, 0.3) is 0 Å². The van der Waals surface area contributed by atoms with Crippen molar-refractivity contribution in [2.45, 2.75) is 45.4 Å². The second-order valence-electron chi connectivity index (χ2n) is 5.28. The molecule has 0 aromatic heterocycles. The minimum atomic E-state index is -0.966. The number of esters is 1. The standard InChI is InChI=1S/C16H23NO7/c1-4-22-16(21)24-10(3)9(2)23-15(20)12(17)7-11-5-6-13(18)14(19)8-11/h5-6,8-10,12,18-19H,4,7,17H2,1-3H3/t9-,10-,12-/m0/s1. The summed E-state index contributed by atoms with van der Waals surface area (Å²) < 4.78 is 14.8. The Morgan fingerprint density at radius 2 is 1.75 bits per heavy atom. The summed E-state index contributed by atoms with van der Waals surface area (Å²) in [5.41, 5.74) is 6.35. The molecule has 0 aliphatic rings. The Morgan fingerprint density at radius 3 is 2.33 bits per heavy atom. The van der Waals surface area contributed by atoms with E-state index < -0.39 is 30.4 Å². The Balaban J connectivity index is 2.53. The van der Waals surface area contributed by atoms with Crippen LogP contribution in [0.1, 0.15) is 26.3 Å². The molecule has 134 valence electrons. The zero-order chi connectivity index (χ0) is 18.3. The molecular weight excluding hydrogens is 318 g/mol. The lowest BCUT2D eigenvalue weighted by Gasteiger charge is -2.22. The number of benzene rings is 1. The second kappa shape index (κ2) is 8.97. The van der Waals surface area contributed by atoms with Crippen LogP contribution in [0.5, 0.6) is 11.5 Å². The van der Waals surface area contributed by atoms with Gasteiger partial charge in [0.05, 0.1) is 6.61 Å². The van der Waals surface area contributed by atoms with E-state index >= 15 is 0 Å². The maximum absolute atomic E-state index is 12.0. The van der Waals surface area contributed by atoms with Crippen LogP contribution in [0, 0.1) is 0 Å². The van der Waals surface area contributed by atoms with Crippen molar-refractivity contribution in [1.29, 1.82) is 0 Å². The first-order chi connectivity index (χ1) is 11.2. The largest absolute Gasteiger partial charge is 0.508 e. The van der Waals surface area contributed by atoms with Crippen molar-refractivity contribution in [3.63, 3.8) is 0 Å². The molecule has 0 aliphatic carbocycles. The van der Waals surface area contributed by atoms with Gasteiger partial charge in [0, 0.05) is 0 Å². The fraction of sp³-hybridized carbons (Fsp3) is 0.500. The van der Waals surface area contributed by atoms with Gasteiger partial charge < -0.3 is 30.2 Å². The molecule has 0 unspecified atom stereocenters. The van der Waals surface area contributed by atoms with Crippen molar-refractivity contribution in [3.05, 3.63) is 23.8 Å². The summed E-state index contributed by atoms with van der Waals surface area (Å²) in [7, 11) is 0. The maximum atomic E-state index is 12.0. The minimum Gasteiger partial charge on any atom is -0.504 e. The number of rotatable bonds is 7. The Labute approximate surface area is 140 Å². The molecule has 0 bridgehead atoms. The number of carbonyl (C=O) groups is 2. The smallest absolute Gasteiger partial charge is 0.504 e. The highest BCUT2D eigenvalue weighted by Gasteiger charge is 2.24. The van der Waals surface area contributed by atoms with Crippen LogP contribution < -0.4 is 5.73 Å². The molecule has 1 aromatic rings. The predicted octanol–water partition coefficient (Wildman–Crippen LogP) is 1.46. The van der Waals surface area contributed by atoms with Gasteiger partial charge in [-0.3, -0.25) is 4.79 Å². The Hall–Kier alpha value is -2.48. The molecule has 1 aromatic carbocycles. The average molecular weight is 341 g/mol. The van der Waals surface area contributed by atoms with Crippen LogP contribution >= 0.6 is 0 Å². The number of hydrogen-bond donors (Lipinski definition) is 3. The SMILES string of the molecule is CCOC(=O)O[C@@H](C)[C@H](C)OC(=O)[C@@H](N)Cc1ccc(O)c(O)c1. The fourth-order valence-corrected chi connectivity index (χ4v) is 1.80. The quantitative estimate of drug-likeness (QED) is 0.502. The monoisotopic (exact) mass is 341 g/mol. The summed E-state index contributed by atoms with van der Waals surface area (Å²) in [6.45, 7) is 4.97. The molecule has 0 spiro atoms. The molecule has 0 fully saturated rings. The molecule has 0 amide bonds. The first-order valence-corrected chi connectivity index (χ1v) is 7.54. The minimum absolute atomic E-state index is 0.118. The topological polar surface area (TPSA) is 128 Å². The molecular formula is C16H23NO7. The first-order valence-electron chi connectivity index (χ1n) is 7.54.